The molecule has 0 nitrogen and oxygen atoms in total. The Kier molecular flexibility index (Phi) is 9.69. The van der Waals surface area contributed by atoms with Gasteiger partial charge in [0.2, 0.25) is 0 Å². The van der Waals surface area contributed by atoms with Gasteiger partial charge in [-0.2, -0.15) is 0 Å². The van der Waals surface area contributed by atoms with Crippen LogP contribution < -0.4 is 0 Å². The van der Waals surface area contributed by atoms with Gasteiger partial charge < -0.3 is 0 Å². The summed E-state index contributed by atoms with van der Waals surface area (Å²) in [5, 5.41) is 5.44. The lowest BCUT2D eigenvalue weighted by molar-refractivity contribution is 1.28. The lowest BCUT2D eigenvalue weighted by atomic mass is 9.86. The smallest absolute Gasteiger partial charge is 0.00880 e. The zero-order chi connectivity index (χ0) is 44.0. The maximum Gasteiger partial charge on any atom is -0.00880 e. The summed E-state index contributed by atoms with van der Waals surface area (Å²) in [4.78, 5) is 0. The number of rotatable bonds is 4. The Morgan fingerprint density at radius 1 is 0.250 bits per heavy atom. The average molecular weight is 825 g/mol. The van der Waals surface area contributed by atoms with E-state index in [2.05, 4.69) is 201 Å². The van der Waals surface area contributed by atoms with Gasteiger partial charge in [-0.1, -0.05) is 121 Å². The predicted octanol–water partition coefficient (Wildman–Crippen LogP) is 17.1. The minimum atomic E-state index is 1.05. The molecule has 0 unspecified atom stereocenters. The van der Waals surface area contributed by atoms with Gasteiger partial charge in [-0.3, -0.25) is 0 Å². The molecule has 0 heteroatoms. The fraction of sp³-hybridized carbons (Fsp3) is 0.188. The Balaban J connectivity index is 0.000000143. The molecule has 0 heterocycles. The van der Waals surface area contributed by atoms with Crippen molar-refractivity contribution in [2.45, 2.75) is 81.1 Å². The summed E-state index contributed by atoms with van der Waals surface area (Å²) in [6, 6.07) is 37.7. The molecule has 0 fully saturated rings. The van der Waals surface area contributed by atoms with Gasteiger partial charge in [0.25, 0.3) is 0 Å². The Morgan fingerprint density at radius 3 is 0.812 bits per heavy atom. The highest BCUT2D eigenvalue weighted by Gasteiger charge is 2.19. The van der Waals surface area contributed by atoms with E-state index in [1.165, 1.54) is 155 Å². The van der Waals surface area contributed by atoms with Gasteiger partial charge in [-0.15, -0.1) is 0 Å². The van der Waals surface area contributed by atoms with Gasteiger partial charge in [0, 0.05) is 0 Å². The van der Waals surface area contributed by atoms with Gasteiger partial charge in [-0.05, 0) is 260 Å². The van der Waals surface area contributed by atoms with Crippen LogP contribution in [0.3, 0.4) is 0 Å². The van der Waals surface area contributed by atoms with E-state index in [-0.39, 0.29) is 0 Å². The Bertz CT molecular complexity index is 3210. The summed E-state index contributed by atoms with van der Waals surface area (Å²) in [5.74, 6) is 0. The van der Waals surface area contributed by atoms with E-state index in [4.69, 9.17) is 0 Å². The molecule has 8 aromatic rings. The van der Waals surface area contributed by atoms with E-state index >= 15 is 0 Å². The van der Waals surface area contributed by atoms with Crippen molar-refractivity contribution in [2.24, 2.45) is 0 Å². The molecular weight excluding hydrogens is 769 g/mol. The first-order valence-corrected chi connectivity index (χ1v) is 23.3. The number of hydrogen-bond donors (Lipinski definition) is 0. The topological polar surface area (TPSA) is 0 Å². The first-order valence-electron chi connectivity index (χ1n) is 23.3. The summed E-state index contributed by atoms with van der Waals surface area (Å²) in [7, 11) is 0. The molecule has 4 aliphatic rings. The monoisotopic (exact) mass is 824 g/mol. The highest BCUT2D eigenvalue weighted by molar-refractivity contribution is 6.00. The SMILES string of the molecule is Cc1cc2c(cc1-c1ccc3c(C)c(-c4cc5c(cc4C)C=CC5)ccc3c1C)CC=C2.Cc1cc2c(cc1-c1ccc3c(C)c(-c4cc5c(cc4C)CC=C5)ccc3c1C)C=CC2. The van der Waals surface area contributed by atoms with Crippen LogP contribution in [0, 0.1) is 55.4 Å². The van der Waals surface area contributed by atoms with Crippen molar-refractivity contribution >= 4 is 45.8 Å². The number of benzene rings is 8. The van der Waals surface area contributed by atoms with Crippen molar-refractivity contribution in [1.82, 2.24) is 0 Å². The molecule has 0 bridgehead atoms. The average Bonchev–Trinajstić information content (AvgIpc) is 4.12. The normalized spacial score (nSPS) is 13.8. The third-order valence-corrected chi connectivity index (χ3v) is 15.1. The molecule has 0 radical (unpaired) electrons. The molecule has 0 aliphatic heterocycles. The van der Waals surface area contributed by atoms with Crippen LogP contribution in [-0.2, 0) is 25.7 Å². The van der Waals surface area contributed by atoms with Crippen molar-refractivity contribution in [3.8, 4) is 44.5 Å². The highest BCUT2D eigenvalue weighted by Crippen LogP contribution is 2.42. The molecule has 12 rings (SSSR count). The van der Waals surface area contributed by atoms with Crippen molar-refractivity contribution in [1.29, 1.82) is 0 Å². The van der Waals surface area contributed by atoms with Crippen molar-refractivity contribution in [3.63, 3.8) is 0 Å². The third-order valence-electron chi connectivity index (χ3n) is 15.1. The van der Waals surface area contributed by atoms with Gasteiger partial charge in [0.1, 0.15) is 0 Å². The van der Waals surface area contributed by atoms with Crippen LogP contribution in [0.5, 0.6) is 0 Å². The maximum absolute atomic E-state index is 2.40. The molecule has 0 aromatic heterocycles. The molecule has 4 aliphatic carbocycles. The minimum absolute atomic E-state index is 1.05. The van der Waals surface area contributed by atoms with Crippen LogP contribution in [0.25, 0.3) is 90.4 Å². The van der Waals surface area contributed by atoms with Crippen LogP contribution in [-0.4, -0.2) is 0 Å². The van der Waals surface area contributed by atoms with Crippen LogP contribution >= 0.6 is 0 Å². The summed E-state index contributed by atoms with van der Waals surface area (Å²) >= 11 is 0. The van der Waals surface area contributed by atoms with E-state index in [0.717, 1.165) is 25.7 Å². The van der Waals surface area contributed by atoms with Gasteiger partial charge in [0.05, 0.1) is 0 Å². The van der Waals surface area contributed by atoms with E-state index in [9.17, 15) is 0 Å². The summed E-state index contributed by atoms with van der Waals surface area (Å²) < 4.78 is 0. The minimum Gasteiger partial charge on any atom is -0.0795 e. The summed E-state index contributed by atoms with van der Waals surface area (Å²) in [5.41, 5.74) is 33.1. The quantitative estimate of drug-likeness (QED) is 0.166. The lowest BCUT2D eigenvalue weighted by Crippen LogP contribution is -1.95. The number of fused-ring (bicyclic) bond motifs is 6. The molecule has 0 amide bonds. The zero-order valence-corrected chi connectivity index (χ0v) is 38.7. The predicted molar refractivity (Wildman–Crippen MR) is 278 cm³/mol. The first-order chi connectivity index (χ1) is 31.0. The van der Waals surface area contributed by atoms with Gasteiger partial charge >= 0.3 is 0 Å². The summed E-state index contributed by atoms with van der Waals surface area (Å²) in [6.45, 7) is 18.1. The van der Waals surface area contributed by atoms with Crippen molar-refractivity contribution < 1.29 is 0 Å². The largest absolute Gasteiger partial charge is 0.0795 e. The van der Waals surface area contributed by atoms with Crippen molar-refractivity contribution in [2.75, 3.05) is 0 Å². The second-order valence-corrected chi connectivity index (χ2v) is 19.0. The Morgan fingerprint density at radius 2 is 0.500 bits per heavy atom. The van der Waals surface area contributed by atoms with E-state index in [1.54, 1.807) is 0 Å². The Hall–Kier alpha value is -6.76. The highest BCUT2D eigenvalue weighted by atomic mass is 14.2. The fourth-order valence-corrected chi connectivity index (χ4v) is 11.4. The van der Waals surface area contributed by atoms with E-state index in [1.807, 2.05) is 0 Å². The van der Waals surface area contributed by atoms with Crippen LogP contribution in [0.15, 0.2) is 121 Å². The second-order valence-electron chi connectivity index (χ2n) is 19.0. The van der Waals surface area contributed by atoms with E-state index in [0.29, 0.717) is 0 Å². The number of hydrogen-bond acceptors (Lipinski definition) is 0. The van der Waals surface area contributed by atoms with E-state index < -0.39 is 0 Å². The molecule has 312 valence electrons. The van der Waals surface area contributed by atoms with Crippen molar-refractivity contribution in [3.05, 3.63) is 210 Å². The van der Waals surface area contributed by atoms with Crippen LogP contribution in [0.4, 0.5) is 0 Å². The molecule has 0 atom stereocenters. The molecule has 0 saturated carbocycles. The summed E-state index contributed by atoms with van der Waals surface area (Å²) in [6.07, 6.45) is 22.3. The van der Waals surface area contributed by atoms with Crippen LogP contribution in [0.1, 0.15) is 89.0 Å². The van der Waals surface area contributed by atoms with Gasteiger partial charge in [0.15, 0.2) is 0 Å². The van der Waals surface area contributed by atoms with Gasteiger partial charge in [-0.25, -0.2) is 0 Å². The molecule has 0 spiro atoms. The Labute approximate surface area is 380 Å². The molecule has 64 heavy (non-hydrogen) atoms. The maximum atomic E-state index is 2.40. The number of aryl methyl sites for hydroxylation is 8. The second kappa shape index (κ2) is 15.5. The molecule has 0 N–H and O–H groups in total. The number of allylic oxidation sites excluding steroid dienone is 4. The molecular formula is C64H56. The standard InChI is InChI=1S/2C32H28/c2*1-19-15-23-7-5-9-25(23)17-31(19)29-13-11-28-22(4)30(14-12-27(28)21(29)3)32-18-26-10-6-8-24(26)16-20(32)2/h5-6,9-18H,7-8H2,1-4H3;5-8,11-18H,9-10H2,1-4H3. The third kappa shape index (κ3) is 6.57. The lowest BCUT2D eigenvalue weighted by Gasteiger charge is -2.18. The molecule has 0 saturated heterocycles. The van der Waals surface area contributed by atoms with Crippen LogP contribution in [0.2, 0.25) is 0 Å². The zero-order valence-electron chi connectivity index (χ0n) is 38.7. The first kappa shape index (κ1) is 40.0. The molecule has 8 aromatic carbocycles. The fourth-order valence-electron chi connectivity index (χ4n) is 11.4.